The summed E-state index contributed by atoms with van der Waals surface area (Å²) in [5, 5.41) is 0.709. The number of ether oxygens (including phenoxy) is 2. The van der Waals surface area contributed by atoms with Gasteiger partial charge in [-0.05, 0) is 24.7 Å². The maximum absolute atomic E-state index is 11.2. The molecule has 1 aliphatic heterocycles. The van der Waals surface area contributed by atoms with Gasteiger partial charge in [-0.2, -0.15) is 0 Å². The molecule has 5 heteroatoms. The van der Waals surface area contributed by atoms with E-state index in [1.807, 2.05) is 24.1 Å². The van der Waals surface area contributed by atoms with E-state index in [0.717, 1.165) is 23.3 Å². The minimum absolute atomic E-state index is 0.248. The topological polar surface area (TPSA) is 38.8 Å². The van der Waals surface area contributed by atoms with Gasteiger partial charge in [-0.3, -0.25) is 9.69 Å². The van der Waals surface area contributed by atoms with Crippen molar-refractivity contribution in [3.05, 3.63) is 28.3 Å². The van der Waals surface area contributed by atoms with Crippen molar-refractivity contribution in [1.82, 2.24) is 4.90 Å². The Balaban J connectivity index is 2.12. The number of methoxy groups -OCH3 is 1. The Morgan fingerprint density at radius 2 is 2.33 bits per heavy atom. The summed E-state index contributed by atoms with van der Waals surface area (Å²) in [6, 6.07) is 3.83. The molecule has 1 aliphatic rings. The first-order valence-corrected chi connectivity index (χ1v) is 6.17. The number of esters is 1. The van der Waals surface area contributed by atoms with Gasteiger partial charge >= 0.3 is 5.97 Å². The zero-order chi connectivity index (χ0) is 13.1. The summed E-state index contributed by atoms with van der Waals surface area (Å²) in [7, 11) is 3.25. The lowest BCUT2D eigenvalue weighted by molar-refractivity contribution is -0.141. The summed E-state index contributed by atoms with van der Waals surface area (Å²) < 4.78 is 10.3. The highest BCUT2D eigenvalue weighted by atomic mass is 35.5. The number of hydrogen-bond donors (Lipinski definition) is 0. The van der Waals surface area contributed by atoms with Crippen molar-refractivity contribution in [3.63, 3.8) is 0 Å². The standard InChI is InChI=1S/C13H16ClNO3/c1-15(8-12(16)17-2)7-10-6-11(14)5-9-3-4-18-13(9)10/h5-6H,3-4,7-8H2,1-2H3. The number of halogens is 1. The number of nitrogens with zero attached hydrogens (tertiary/aromatic N) is 1. The fraction of sp³-hybridized carbons (Fsp3) is 0.462. The molecule has 0 radical (unpaired) electrons. The van der Waals surface area contributed by atoms with Crippen LogP contribution in [0.2, 0.25) is 5.02 Å². The molecule has 0 saturated carbocycles. The van der Waals surface area contributed by atoms with Gasteiger partial charge in [0.05, 0.1) is 20.3 Å². The van der Waals surface area contributed by atoms with Crippen LogP contribution in [0, 0.1) is 0 Å². The minimum Gasteiger partial charge on any atom is -0.493 e. The molecule has 0 aliphatic carbocycles. The highest BCUT2D eigenvalue weighted by Gasteiger charge is 2.19. The Morgan fingerprint density at radius 3 is 3.06 bits per heavy atom. The fourth-order valence-corrected chi connectivity index (χ4v) is 2.36. The van der Waals surface area contributed by atoms with Crippen LogP contribution < -0.4 is 4.74 Å². The van der Waals surface area contributed by atoms with E-state index in [2.05, 4.69) is 4.74 Å². The predicted octanol–water partition coefficient (Wildman–Crippen LogP) is 1.88. The van der Waals surface area contributed by atoms with E-state index in [-0.39, 0.29) is 12.5 Å². The van der Waals surface area contributed by atoms with Crippen LogP contribution in [0.3, 0.4) is 0 Å². The third-order valence-electron chi connectivity index (χ3n) is 2.89. The van der Waals surface area contributed by atoms with Gasteiger partial charge in [-0.15, -0.1) is 0 Å². The number of hydrogen-bond acceptors (Lipinski definition) is 4. The number of benzene rings is 1. The van der Waals surface area contributed by atoms with Gasteiger partial charge < -0.3 is 9.47 Å². The summed E-state index contributed by atoms with van der Waals surface area (Å²) in [5.41, 5.74) is 2.16. The smallest absolute Gasteiger partial charge is 0.319 e. The molecule has 0 bridgehead atoms. The zero-order valence-corrected chi connectivity index (χ0v) is 11.3. The molecule has 0 unspecified atom stereocenters. The monoisotopic (exact) mass is 269 g/mol. The molecule has 0 saturated heterocycles. The van der Waals surface area contributed by atoms with E-state index in [0.29, 0.717) is 18.2 Å². The second-order valence-electron chi connectivity index (χ2n) is 4.40. The molecule has 0 atom stereocenters. The maximum Gasteiger partial charge on any atom is 0.319 e. The van der Waals surface area contributed by atoms with Crippen LogP contribution in [0.4, 0.5) is 0 Å². The summed E-state index contributed by atoms with van der Waals surface area (Å²) in [6.07, 6.45) is 0.892. The molecular weight excluding hydrogens is 254 g/mol. The quantitative estimate of drug-likeness (QED) is 0.783. The normalized spacial score (nSPS) is 13.3. The zero-order valence-electron chi connectivity index (χ0n) is 10.5. The Kier molecular flexibility index (Phi) is 4.09. The van der Waals surface area contributed by atoms with Gasteiger partial charge in [0.25, 0.3) is 0 Å². The number of rotatable bonds is 4. The van der Waals surface area contributed by atoms with Gasteiger partial charge in [0.15, 0.2) is 0 Å². The molecular formula is C13H16ClNO3. The Morgan fingerprint density at radius 1 is 1.56 bits per heavy atom. The molecule has 18 heavy (non-hydrogen) atoms. The molecule has 0 spiro atoms. The third-order valence-corrected chi connectivity index (χ3v) is 3.11. The van der Waals surface area contributed by atoms with Crippen LogP contribution in [0.1, 0.15) is 11.1 Å². The highest BCUT2D eigenvalue weighted by Crippen LogP contribution is 2.33. The number of carbonyl (C=O) groups is 1. The molecule has 1 heterocycles. The maximum atomic E-state index is 11.2. The van der Waals surface area contributed by atoms with E-state index < -0.39 is 0 Å². The van der Waals surface area contributed by atoms with E-state index >= 15 is 0 Å². The van der Waals surface area contributed by atoms with Crippen LogP contribution >= 0.6 is 11.6 Å². The molecule has 2 rings (SSSR count). The summed E-state index contributed by atoms with van der Waals surface area (Å²) in [4.78, 5) is 13.1. The average molecular weight is 270 g/mol. The third kappa shape index (κ3) is 2.94. The Bertz CT molecular complexity index is 462. The first-order valence-electron chi connectivity index (χ1n) is 5.79. The first kappa shape index (κ1) is 13.2. The summed E-state index contributed by atoms with van der Waals surface area (Å²) in [5.74, 6) is 0.660. The van der Waals surface area contributed by atoms with Crippen molar-refractivity contribution in [2.75, 3.05) is 27.3 Å². The van der Waals surface area contributed by atoms with E-state index in [1.54, 1.807) is 0 Å². The van der Waals surface area contributed by atoms with E-state index in [1.165, 1.54) is 7.11 Å². The minimum atomic E-state index is -0.253. The lowest BCUT2D eigenvalue weighted by atomic mass is 10.1. The van der Waals surface area contributed by atoms with Crippen LogP contribution in [-0.4, -0.2) is 38.2 Å². The van der Waals surface area contributed by atoms with E-state index in [4.69, 9.17) is 16.3 Å². The molecule has 0 amide bonds. The largest absolute Gasteiger partial charge is 0.493 e. The lowest BCUT2D eigenvalue weighted by Gasteiger charge is -2.17. The van der Waals surface area contributed by atoms with Gasteiger partial charge in [0.1, 0.15) is 5.75 Å². The van der Waals surface area contributed by atoms with Crippen molar-refractivity contribution >= 4 is 17.6 Å². The SMILES string of the molecule is COC(=O)CN(C)Cc1cc(Cl)cc2c1OCC2. The average Bonchev–Trinajstić information content (AvgIpc) is 2.76. The van der Waals surface area contributed by atoms with Gasteiger partial charge in [0, 0.05) is 23.6 Å². The molecule has 4 nitrogen and oxygen atoms in total. The van der Waals surface area contributed by atoms with Gasteiger partial charge in [-0.1, -0.05) is 11.6 Å². The fourth-order valence-electron chi connectivity index (χ4n) is 2.10. The van der Waals surface area contributed by atoms with Crippen LogP contribution in [0.15, 0.2) is 12.1 Å². The van der Waals surface area contributed by atoms with Crippen molar-refractivity contribution < 1.29 is 14.3 Å². The van der Waals surface area contributed by atoms with Crippen molar-refractivity contribution in [2.24, 2.45) is 0 Å². The van der Waals surface area contributed by atoms with Gasteiger partial charge in [-0.25, -0.2) is 0 Å². The molecule has 0 aromatic heterocycles. The second-order valence-corrected chi connectivity index (χ2v) is 4.84. The van der Waals surface area contributed by atoms with Crippen molar-refractivity contribution in [1.29, 1.82) is 0 Å². The molecule has 98 valence electrons. The Labute approximate surface area is 111 Å². The van der Waals surface area contributed by atoms with Crippen LogP contribution in [0.25, 0.3) is 0 Å². The number of carbonyl (C=O) groups excluding carboxylic acids is 1. The summed E-state index contributed by atoms with van der Waals surface area (Å²) >= 11 is 6.08. The second kappa shape index (κ2) is 5.59. The van der Waals surface area contributed by atoms with Crippen molar-refractivity contribution in [2.45, 2.75) is 13.0 Å². The van der Waals surface area contributed by atoms with Crippen LogP contribution in [-0.2, 0) is 22.5 Å². The Hall–Kier alpha value is -1.26. The summed E-state index contributed by atoms with van der Waals surface area (Å²) in [6.45, 7) is 1.55. The van der Waals surface area contributed by atoms with Crippen LogP contribution in [0.5, 0.6) is 5.75 Å². The van der Waals surface area contributed by atoms with E-state index in [9.17, 15) is 4.79 Å². The number of fused-ring (bicyclic) bond motifs is 1. The molecule has 1 aromatic carbocycles. The number of likely N-dealkylation sites (N-methyl/N-ethyl adjacent to an activating group) is 1. The predicted molar refractivity (Wildman–Crippen MR) is 69.0 cm³/mol. The lowest BCUT2D eigenvalue weighted by Crippen LogP contribution is -2.26. The first-order chi connectivity index (χ1) is 8.60. The molecule has 1 aromatic rings. The highest BCUT2D eigenvalue weighted by molar-refractivity contribution is 6.30. The van der Waals surface area contributed by atoms with Crippen molar-refractivity contribution in [3.8, 4) is 5.75 Å². The molecule has 0 fully saturated rings. The molecule has 0 N–H and O–H groups in total. The van der Waals surface area contributed by atoms with Gasteiger partial charge in [0.2, 0.25) is 0 Å².